The van der Waals surface area contributed by atoms with E-state index in [0.29, 0.717) is 15.6 Å². The molecule has 2 aromatic rings. The van der Waals surface area contributed by atoms with Gasteiger partial charge in [0.1, 0.15) is 6.04 Å². The van der Waals surface area contributed by atoms with Crippen molar-refractivity contribution < 1.29 is 41.0 Å². The summed E-state index contributed by atoms with van der Waals surface area (Å²) in [6.07, 6.45) is -9.59. The number of hydrogen-bond acceptors (Lipinski definition) is 3. The Labute approximate surface area is 181 Å². The molecule has 0 aromatic heterocycles. The van der Waals surface area contributed by atoms with Gasteiger partial charge in [-0.2, -0.15) is 26.3 Å². The van der Waals surface area contributed by atoms with Crippen LogP contribution in [0.15, 0.2) is 42.5 Å². The van der Waals surface area contributed by atoms with Crippen LogP contribution in [-0.2, 0) is 22.3 Å². The molecule has 0 radical (unpaired) electrons. The van der Waals surface area contributed by atoms with Crippen molar-refractivity contribution in [2.24, 2.45) is 5.73 Å². The number of rotatable bonds is 4. The van der Waals surface area contributed by atoms with Gasteiger partial charge < -0.3 is 16.2 Å². The molecule has 1 atom stereocenters. The largest absolute Gasteiger partial charge is 0.490 e. The molecule has 2 aromatic carbocycles. The lowest BCUT2D eigenvalue weighted by atomic mass is 10.0. The number of carbonyl (C=O) groups is 2. The van der Waals surface area contributed by atoms with Gasteiger partial charge in [-0.3, -0.25) is 4.79 Å². The molecule has 0 spiro atoms. The van der Waals surface area contributed by atoms with Crippen LogP contribution < -0.4 is 11.1 Å². The van der Waals surface area contributed by atoms with E-state index < -0.39 is 35.8 Å². The van der Waals surface area contributed by atoms with E-state index in [2.05, 4.69) is 5.32 Å². The number of carbonyl (C=O) groups excluding carboxylic acids is 1. The van der Waals surface area contributed by atoms with Crippen molar-refractivity contribution in [2.45, 2.75) is 24.9 Å². The maximum Gasteiger partial charge on any atom is 0.490 e. The van der Waals surface area contributed by atoms with Crippen molar-refractivity contribution >= 4 is 35.1 Å². The standard InChI is InChI=1S/C16H13Cl2F3N2O.C2HF3O2/c17-12-5-2-6-13(18)11(12)8-23-15(24)14(22)9-3-1-4-10(7-9)16(19,20)21;3-2(4,5)1(6)7/h1-7,14H,8,22H2,(H,23,24);(H,6,7). The molecular weight excluding hydrogens is 477 g/mol. The topological polar surface area (TPSA) is 92.4 Å². The van der Waals surface area contributed by atoms with Crippen molar-refractivity contribution in [2.75, 3.05) is 0 Å². The van der Waals surface area contributed by atoms with E-state index in [9.17, 15) is 31.1 Å². The molecular formula is C18H14Cl2F6N2O3. The average molecular weight is 491 g/mol. The van der Waals surface area contributed by atoms with Crippen LogP contribution >= 0.6 is 23.2 Å². The summed E-state index contributed by atoms with van der Waals surface area (Å²) in [7, 11) is 0. The summed E-state index contributed by atoms with van der Waals surface area (Å²) in [6.45, 7) is 0.0179. The number of hydrogen-bond donors (Lipinski definition) is 3. The van der Waals surface area contributed by atoms with Crippen molar-refractivity contribution in [3.63, 3.8) is 0 Å². The van der Waals surface area contributed by atoms with Gasteiger partial charge in [-0.05, 0) is 29.8 Å². The van der Waals surface area contributed by atoms with E-state index in [1.54, 1.807) is 18.2 Å². The van der Waals surface area contributed by atoms with Crippen LogP contribution in [0.1, 0.15) is 22.7 Å². The number of halogens is 8. The van der Waals surface area contributed by atoms with Crippen molar-refractivity contribution in [1.82, 2.24) is 5.32 Å². The Balaban J connectivity index is 0.000000592. The summed E-state index contributed by atoms with van der Waals surface area (Å²) in [4.78, 5) is 21.0. The van der Waals surface area contributed by atoms with Gasteiger partial charge in [-0.25, -0.2) is 4.79 Å². The van der Waals surface area contributed by atoms with Crippen LogP contribution in [0.2, 0.25) is 10.0 Å². The Bertz CT molecular complexity index is 915. The minimum Gasteiger partial charge on any atom is -0.475 e. The third kappa shape index (κ3) is 8.27. The number of nitrogens with two attached hydrogens (primary N) is 1. The Kier molecular flexibility index (Phi) is 9.15. The summed E-state index contributed by atoms with van der Waals surface area (Å²) in [5.41, 5.74) is 5.45. The van der Waals surface area contributed by atoms with E-state index in [-0.39, 0.29) is 12.1 Å². The summed E-state index contributed by atoms with van der Waals surface area (Å²) < 4.78 is 69.9. The number of carboxylic acids is 1. The minimum atomic E-state index is -5.08. The van der Waals surface area contributed by atoms with Gasteiger partial charge in [-0.1, -0.05) is 41.4 Å². The van der Waals surface area contributed by atoms with Crippen LogP contribution in [-0.4, -0.2) is 23.2 Å². The summed E-state index contributed by atoms with van der Waals surface area (Å²) in [6, 6.07) is 7.98. The van der Waals surface area contributed by atoms with Crippen LogP contribution in [0, 0.1) is 0 Å². The molecule has 1 unspecified atom stereocenters. The second-order valence-corrected chi connectivity index (χ2v) is 6.64. The van der Waals surface area contributed by atoms with Crippen LogP contribution in [0.25, 0.3) is 0 Å². The molecule has 0 saturated carbocycles. The number of nitrogens with one attached hydrogen (secondary N) is 1. The zero-order valence-electron chi connectivity index (χ0n) is 15.2. The molecule has 1 amide bonds. The molecule has 0 fully saturated rings. The first-order valence-corrected chi connectivity index (χ1v) is 8.83. The lowest BCUT2D eigenvalue weighted by Gasteiger charge is -2.15. The third-order valence-electron chi connectivity index (χ3n) is 3.60. The first kappa shape index (κ1) is 26.5. The fourth-order valence-corrected chi connectivity index (χ4v) is 2.58. The lowest BCUT2D eigenvalue weighted by molar-refractivity contribution is -0.192. The van der Waals surface area contributed by atoms with Gasteiger partial charge in [-0.15, -0.1) is 0 Å². The van der Waals surface area contributed by atoms with E-state index in [1.807, 2.05) is 0 Å². The Morgan fingerprint density at radius 1 is 1.00 bits per heavy atom. The Morgan fingerprint density at radius 3 is 1.94 bits per heavy atom. The molecule has 5 nitrogen and oxygen atoms in total. The molecule has 2 rings (SSSR count). The maximum absolute atomic E-state index is 12.7. The summed E-state index contributed by atoms with van der Waals surface area (Å²) in [5.74, 6) is -3.39. The van der Waals surface area contributed by atoms with Gasteiger partial charge in [0.2, 0.25) is 5.91 Å². The van der Waals surface area contributed by atoms with Gasteiger partial charge in [0.15, 0.2) is 0 Å². The minimum absolute atomic E-state index is 0.0179. The van der Waals surface area contributed by atoms with E-state index in [4.69, 9.17) is 38.8 Å². The zero-order valence-corrected chi connectivity index (χ0v) is 16.7. The first-order chi connectivity index (χ1) is 14.1. The molecule has 31 heavy (non-hydrogen) atoms. The third-order valence-corrected chi connectivity index (χ3v) is 4.31. The van der Waals surface area contributed by atoms with E-state index in [0.717, 1.165) is 12.1 Å². The predicted octanol–water partition coefficient (Wildman–Crippen LogP) is 4.96. The highest BCUT2D eigenvalue weighted by Gasteiger charge is 2.38. The molecule has 0 aliphatic rings. The molecule has 170 valence electrons. The fraction of sp³-hybridized carbons (Fsp3) is 0.222. The average Bonchev–Trinajstić information content (AvgIpc) is 2.66. The van der Waals surface area contributed by atoms with Crippen LogP contribution in [0.3, 0.4) is 0 Å². The normalized spacial score (nSPS) is 12.4. The van der Waals surface area contributed by atoms with Crippen LogP contribution in [0.5, 0.6) is 0 Å². The van der Waals surface area contributed by atoms with Gasteiger partial charge in [0, 0.05) is 22.2 Å². The Morgan fingerprint density at radius 2 is 1.48 bits per heavy atom. The monoisotopic (exact) mass is 490 g/mol. The van der Waals surface area contributed by atoms with Crippen molar-refractivity contribution in [1.29, 1.82) is 0 Å². The molecule has 0 aliphatic carbocycles. The maximum atomic E-state index is 12.7. The van der Waals surface area contributed by atoms with Gasteiger partial charge >= 0.3 is 18.3 Å². The van der Waals surface area contributed by atoms with Crippen molar-refractivity contribution in [3.8, 4) is 0 Å². The highest BCUT2D eigenvalue weighted by molar-refractivity contribution is 6.36. The quantitative estimate of drug-likeness (QED) is 0.528. The van der Waals surface area contributed by atoms with Gasteiger partial charge in [0.05, 0.1) is 5.56 Å². The highest BCUT2D eigenvalue weighted by Crippen LogP contribution is 2.30. The number of amides is 1. The second kappa shape index (κ2) is 10.7. The highest BCUT2D eigenvalue weighted by atomic mass is 35.5. The number of aliphatic carboxylic acids is 1. The van der Waals surface area contributed by atoms with Gasteiger partial charge in [0.25, 0.3) is 0 Å². The first-order valence-electron chi connectivity index (χ1n) is 8.08. The molecule has 0 heterocycles. The number of benzene rings is 2. The fourth-order valence-electron chi connectivity index (χ4n) is 2.05. The molecule has 0 aliphatic heterocycles. The molecule has 0 bridgehead atoms. The SMILES string of the molecule is NC(C(=O)NCc1c(Cl)cccc1Cl)c1cccc(C(F)(F)F)c1.O=C(O)C(F)(F)F. The molecule has 4 N–H and O–H groups in total. The van der Waals surface area contributed by atoms with Crippen LogP contribution in [0.4, 0.5) is 26.3 Å². The zero-order chi connectivity index (χ0) is 24.0. The molecule has 13 heteroatoms. The smallest absolute Gasteiger partial charge is 0.475 e. The predicted molar refractivity (Wildman–Crippen MR) is 100 cm³/mol. The number of carboxylic acid groups (broad SMARTS) is 1. The lowest BCUT2D eigenvalue weighted by Crippen LogP contribution is -2.34. The van der Waals surface area contributed by atoms with E-state index >= 15 is 0 Å². The second-order valence-electron chi connectivity index (χ2n) is 5.82. The van der Waals surface area contributed by atoms with Crippen molar-refractivity contribution in [3.05, 3.63) is 69.2 Å². The van der Waals surface area contributed by atoms with E-state index in [1.165, 1.54) is 12.1 Å². The number of alkyl halides is 6. The summed E-state index contributed by atoms with van der Waals surface area (Å²) in [5, 5.41) is 10.4. The Hall–Kier alpha value is -2.50. The summed E-state index contributed by atoms with van der Waals surface area (Å²) >= 11 is 12.0. The molecule has 0 saturated heterocycles.